The highest BCUT2D eigenvalue weighted by atomic mass is 32.2. The lowest BCUT2D eigenvalue weighted by atomic mass is 10.1. The number of thioether (sulfide) groups is 1. The molecule has 2 aliphatic rings. The van der Waals surface area contributed by atoms with Crippen LogP contribution in [-0.2, 0) is 0 Å². The smallest absolute Gasteiger partial charge is 0.258 e. The first-order chi connectivity index (χ1) is 9.68. The molecule has 0 radical (unpaired) electrons. The fourth-order valence-electron chi connectivity index (χ4n) is 2.71. The molecule has 1 aromatic rings. The van der Waals surface area contributed by atoms with E-state index in [4.69, 9.17) is 4.74 Å². The predicted molar refractivity (Wildman–Crippen MR) is 82.8 cm³/mol. The summed E-state index contributed by atoms with van der Waals surface area (Å²) in [6, 6.07) is 6.01. The summed E-state index contributed by atoms with van der Waals surface area (Å²) in [5.74, 6) is 1.80. The molecule has 1 amide bonds. The fourth-order valence-corrected chi connectivity index (χ4v) is 3.81. The molecule has 2 unspecified atom stereocenters. The second-order valence-electron chi connectivity index (χ2n) is 5.27. The van der Waals surface area contributed by atoms with Crippen LogP contribution >= 0.6 is 11.8 Å². The number of amides is 1. The molecule has 1 saturated heterocycles. The molecule has 0 spiro atoms. The number of nitrogens with one attached hydrogen (secondary N) is 1. The summed E-state index contributed by atoms with van der Waals surface area (Å²) in [7, 11) is 0. The summed E-state index contributed by atoms with van der Waals surface area (Å²) in [5, 5.41) is 3.76. The zero-order chi connectivity index (χ0) is 14.1. The standard InChI is InChI=1S/C15H20N2O2S/c1-10-11(2)20-9-7-17(10)15(18)12-4-3-5-13-14(12)19-8-6-16-13/h3-5,10-11,16H,6-9H2,1-2H3. The Bertz CT molecular complexity index is 521. The molecule has 1 fully saturated rings. The average molecular weight is 292 g/mol. The van der Waals surface area contributed by atoms with Crippen LogP contribution in [0.2, 0.25) is 0 Å². The van der Waals surface area contributed by atoms with Gasteiger partial charge < -0.3 is 15.0 Å². The van der Waals surface area contributed by atoms with Crippen molar-refractivity contribution >= 4 is 23.4 Å². The van der Waals surface area contributed by atoms with Gasteiger partial charge in [0.25, 0.3) is 5.91 Å². The highest BCUT2D eigenvalue weighted by molar-refractivity contribution is 8.00. The summed E-state index contributed by atoms with van der Waals surface area (Å²) in [6.45, 7) is 6.53. The molecule has 0 aliphatic carbocycles. The lowest BCUT2D eigenvalue weighted by Gasteiger charge is -2.38. The molecule has 0 aromatic heterocycles. The number of hydrogen-bond acceptors (Lipinski definition) is 4. The summed E-state index contributed by atoms with van der Waals surface area (Å²) >= 11 is 1.93. The molecule has 5 heteroatoms. The first kappa shape index (κ1) is 13.6. The number of carbonyl (C=O) groups is 1. The molecule has 1 aromatic carbocycles. The molecule has 108 valence electrons. The van der Waals surface area contributed by atoms with Gasteiger partial charge in [0.15, 0.2) is 5.75 Å². The second kappa shape index (κ2) is 5.56. The molecule has 3 rings (SSSR count). The molecule has 0 bridgehead atoms. The van der Waals surface area contributed by atoms with E-state index in [1.807, 2.05) is 34.9 Å². The van der Waals surface area contributed by atoms with Crippen molar-refractivity contribution in [2.24, 2.45) is 0 Å². The summed E-state index contributed by atoms with van der Waals surface area (Å²) in [6.07, 6.45) is 0. The van der Waals surface area contributed by atoms with Crippen LogP contribution in [0.25, 0.3) is 0 Å². The molecule has 20 heavy (non-hydrogen) atoms. The lowest BCUT2D eigenvalue weighted by molar-refractivity contribution is 0.0693. The van der Waals surface area contributed by atoms with Crippen LogP contribution in [0.5, 0.6) is 5.75 Å². The first-order valence-electron chi connectivity index (χ1n) is 7.10. The van der Waals surface area contributed by atoms with E-state index in [0.717, 1.165) is 24.5 Å². The predicted octanol–water partition coefficient (Wildman–Crippen LogP) is 2.46. The quantitative estimate of drug-likeness (QED) is 0.863. The Kier molecular flexibility index (Phi) is 3.78. The Morgan fingerprint density at radius 1 is 1.45 bits per heavy atom. The topological polar surface area (TPSA) is 41.6 Å². The molecular weight excluding hydrogens is 272 g/mol. The van der Waals surface area contributed by atoms with E-state index in [1.54, 1.807) is 0 Å². The molecule has 1 N–H and O–H groups in total. The average Bonchev–Trinajstić information content (AvgIpc) is 2.49. The van der Waals surface area contributed by atoms with Crippen LogP contribution < -0.4 is 10.1 Å². The van der Waals surface area contributed by atoms with E-state index < -0.39 is 0 Å². The molecule has 2 aliphatic heterocycles. The van der Waals surface area contributed by atoms with Crippen LogP contribution in [0.15, 0.2) is 18.2 Å². The van der Waals surface area contributed by atoms with Crippen LogP contribution in [0, 0.1) is 0 Å². The summed E-state index contributed by atoms with van der Waals surface area (Å²) < 4.78 is 5.71. The van der Waals surface area contributed by atoms with E-state index >= 15 is 0 Å². The summed E-state index contributed by atoms with van der Waals surface area (Å²) in [5.41, 5.74) is 1.61. The van der Waals surface area contributed by atoms with Crippen LogP contribution in [-0.4, -0.2) is 47.5 Å². The minimum absolute atomic E-state index is 0.0881. The molecule has 0 saturated carbocycles. The first-order valence-corrected chi connectivity index (χ1v) is 8.15. The molecule has 2 atom stereocenters. The maximum absolute atomic E-state index is 12.8. The van der Waals surface area contributed by atoms with Gasteiger partial charge in [-0.3, -0.25) is 4.79 Å². The number of hydrogen-bond donors (Lipinski definition) is 1. The fraction of sp³-hybridized carbons (Fsp3) is 0.533. The van der Waals surface area contributed by atoms with E-state index in [-0.39, 0.29) is 11.9 Å². The number of benzene rings is 1. The van der Waals surface area contributed by atoms with Gasteiger partial charge in [-0.1, -0.05) is 13.0 Å². The van der Waals surface area contributed by atoms with Crippen molar-refractivity contribution in [2.75, 3.05) is 30.8 Å². The molecule has 4 nitrogen and oxygen atoms in total. The zero-order valence-corrected chi connectivity index (χ0v) is 12.7. The summed E-state index contributed by atoms with van der Waals surface area (Å²) in [4.78, 5) is 14.8. The van der Waals surface area contributed by atoms with Crippen molar-refractivity contribution in [3.8, 4) is 5.75 Å². The second-order valence-corrected chi connectivity index (χ2v) is 6.76. The van der Waals surface area contributed by atoms with E-state index in [2.05, 4.69) is 19.2 Å². The number of fused-ring (bicyclic) bond motifs is 1. The molecular formula is C15H20N2O2S. The van der Waals surface area contributed by atoms with Gasteiger partial charge in [0.2, 0.25) is 0 Å². The number of nitrogens with zero attached hydrogens (tertiary/aromatic N) is 1. The Balaban J connectivity index is 1.91. The number of rotatable bonds is 1. The Labute approximate surface area is 123 Å². The Morgan fingerprint density at radius 3 is 3.15 bits per heavy atom. The van der Waals surface area contributed by atoms with Crippen molar-refractivity contribution in [2.45, 2.75) is 25.1 Å². The van der Waals surface area contributed by atoms with Crippen LogP contribution in [0.3, 0.4) is 0 Å². The maximum atomic E-state index is 12.8. The third-order valence-electron chi connectivity index (χ3n) is 4.05. The third-order valence-corrected chi connectivity index (χ3v) is 5.39. The van der Waals surface area contributed by atoms with Gasteiger partial charge in [-0.25, -0.2) is 0 Å². The van der Waals surface area contributed by atoms with Gasteiger partial charge in [0, 0.05) is 30.1 Å². The van der Waals surface area contributed by atoms with Crippen molar-refractivity contribution in [1.29, 1.82) is 0 Å². The zero-order valence-electron chi connectivity index (χ0n) is 11.9. The van der Waals surface area contributed by atoms with Gasteiger partial charge in [0.05, 0.1) is 11.3 Å². The largest absolute Gasteiger partial charge is 0.489 e. The third kappa shape index (κ3) is 2.35. The minimum atomic E-state index is 0.0881. The van der Waals surface area contributed by atoms with Crippen LogP contribution in [0.1, 0.15) is 24.2 Å². The highest BCUT2D eigenvalue weighted by Crippen LogP contribution is 2.34. The van der Waals surface area contributed by atoms with E-state index in [1.165, 1.54) is 0 Å². The number of ether oxygens (including phenoxy) is 1. The monoisotopic (exact) mass is 292 g/mol. The van der Waals surface area contributed by atoms with Gasteiger partial charge in [-0.2, -0.15) is 11.8 Å². The van der Waals surface area contributed by atoms with E-state index in [0.29, 0.717) is 23.2 Å². The lowest BCUT2D eigenvalue weighted by Crippen LogP contribution is -2.48. The van der Waals surface area contributed by atoms with Gasteiger partial charge in [-0.15, -0.1) is 0 Å². The molecule has 2 heterocycles. The van der Waals surface area contributed by atoms with Crippen molar-refractivity contribution in [1.82, 2.24) is 4.90 Å². The number of anilines is 1. The number of para-hydroxylation sites is 1. The SMILES string of the molecule is CC1SCCN(C(=O)c2cccc3c2OCCN3)C1C. The minimum Gasteiger partial charge on any atom is -0.489 e. The van der Waals surface area contributed by atoms with Gasteiger partial charge in [-0.05, 0) is 19.1 Å². The van der Waals surface area contributed by atoms with Crippen molar-refractivity contribution in [3.63, 3.8) is 0 Å². The Morgan fingerprint density at radius 2 is 2.30 bits per heavy atom. The van der Waals surface area contributed by atoms with Crippen molar-refractivity contribution < 1.29 is 9.53 Å². The van der Waals surface area contributed by atoms with Crippen LogP contribution in [0.4, 0.5) is 5.69 Å². The van der Waals surface area contributed by atoms with Gasteiger partial charge in [0.1, 0.15) is 6.61 Å². The van der Waals surface area contributed by atoms with Gasteiger partial charge >= 0.3 is 0 Å². The van der Waals surface area contributed by atoms with Crippen molar-refractivity contribution in [3.05, 3.63) is 23.8 Å². The number of carbonyl (C=O) groups excluding carboxylic acids is 1. The highest BCUT2D eigenvalue weighted by Gasteiger charge is 2.31. The Hall–Kier alpha value is -1.36. The van der Waals surface area contributed by atoms with E-state index in [9.17, 15) is 4.79 Å². The maximum Gasteiger partial charge on any atom is 0.258 e. The normalized spacial score (nSPS) is 25.4.